The van der Waals surface area contributed by atoms with Crippen LogP contribution in [0.5, 0.6) is 0 Å². The molecule has 2 N–H and O–H groups in total. The molecule has 5 rings (SSSR count). The van der Waals surface area contributed by atoms with Crippen LogP contribution in [0.15, 0.2) is 36.7 Å². The predicted molar refractivity (Wildman–Crippen MR) is 122 cm³/mol. The Balaban J connectivity index is 1.61. The minimum atomic E-state index is -0.0485. The second-order valence-electron chi connectivity index (χ2n) is 8.41. The van der Waals surface area contributed by atoms with Crippen LogP contribution in [0.3, 0.4) is 0 Å². The minimum absolute atomic E-state index is 0.00570. The lowest BCUT2D eigenvalue weighted by atomic mass is 9.99. The van der Waals surface area contributed by atoms with E-state index in [4.69, 9.17) is 10.7 Å². The summed E-state index contributed by atoms with van der Waals surface area (Å²) in [4.78, 5) is 44.2. The lowest BCUT2D eigenvalue weighted by molar-refractivity contribution is -0.129. The fraction of sp³-hybridized carbons (Fsp3) is 0.348. The summed E-state index contributed by atoms with van der Waals surface area (Å²) >= 11 is 0. The fourth-order valence-corrected chi connectivity index (χ4v) is 4.57. The summed E-state index contributed by atoms with van der Waals surface area (Å²) < 4.78 is 0. The molecule has 3 aromatic rings. The summed E-state index contributed by atoms with van der Waals surface area (Å²) in [6, 6.07) is 7.40. The van der Waals surface area contributed by atoms with Crippen LogP contribution in [0.4, 0.5) is 16.3 Å². The van der Waals surface area contributed by atoms with E-state index in [-0.39, 0.29) is 18.0 Å². The third-order valence-electron chi connectivity index (χ3n) is 6.30. The third kappa shape index (κ3) is 3.39. The maximum atomic E-state index is 13.3. The Bertz CT molecular complexity index is 1200. The largest absolute Gasteiger partial charge is 0.384 e. The number of carbonyl (C=O) groups excluding carboxylic acids is 2. The molecule has 0 bridgehead atoms. The van der Waals surface area contributed by atoms with Crippen LogP contribution in [0.1, 0.15) is 25.3 Å². The van der Waals surface area contributed by atoms with E-state index >= 15 is 0 Å². The number of rotatable bonds is 2. The number of fused-ring (bicyclic) bond motifs is 3. The van der Waals surface area contributed by atoms with E-state index in [1.807, 2.05) is 34.2 Å². The van der Waals surface area contributed by atoms with Crippen molar-refractivity contribution in [2.75, 3.05) is 30.8 Å². The maximum absolute atomic E-state index is 13.3. The Hall–Kier alpha value is -3.75. The van der Waals surface area contributed by atoms with Crippen LogP contribution in [-0.2, 0) is 11.3 Å². The zero-order valence-electron chi connectivity index (χ0n) is 18.2. The number of anilines is 2. The number of nitrogens with zero attached hydrogens (tertiary/aromatic N) is 6. The van der Waals surface area contributed by atoms with Crippen molar-refractivity contribution in [3.8, 4) is 11.3 Å². The van der Waals surface area contributed by atoms with Crippen LogP contribution in [-0.4, -0.2) is 62.9 Å². The molecule has 5 heterocycles. The highest BCUT2D eigenvalue weighted by Gasteiger charge is 2.37. The predicted octanol–water partition coefficient (Wildman–Crippen LogP) is 2.66. The third-order valence-corrected chi connectivity index (χ3v) is 6.30. The van der Waals surface area contributed by atoms with Gasteiger partial charge in [-0.3, -0.25) is 14.7 Å². The first-order chi connectivity index (χ1) is 15.4. The van der Waals surface area contributed by atoms with Crippen LogP contribution in [0.25, 0.3) is 22.3 Å². The number of urea groups is 1. The Morgan fingerprint density at radius 1 is 1.09 bits per heavy atom. The van der Waals surface area contributed by atoms with E-state index in [1.54, 1.807) is 31.1 Å². The van der Waals surface area contributed by atoms with Crippen LogP contribution >= 0.6 is 0 Å². The second kappa shape index (κ2) is 7.74. The molecule has 2 aliphatic rings. The van der Waals surface area contributed by atoms with Gasteiger partial charge in [0.25, 0.3) is 0 Å². The number of pyridine rings is 3. The molecule has 1 saturated heterocycles. The normalized spacial score (nSPS) is 17.1. The average molecular weight is 432 g/mol. The van der Waals surface area contributed by atoms with Crippen molar-refractivity contribution < 1.29 is 9.59 Å². The molecule has 2 aliphatic heterocycles. The summed E-state index contributed by atoms with van der Waals surface area (Å²) in [7, 11) is 1.80. The van der Waals surface area contributed by atoms with E-state index in [2.05, 4.69) is 9.97 Å². The molecule has 0 aromatic carbocycles. The number of hydrogen-bond donors (Lipinski definition) is 1. The summed E-state index contributed by atoms with van der Waals surface area (Å²) in [6.45, 7) is 3.35. The molecule has 0 radical (unpaired) electrons. The second-order valence-corrected chi connectivity index (χ2v) is 8.41. The first kappa shape index (κ1) is 20.2. The monoisotopic (exact) mass is 431 g/mol. The van der Waals surface area contributed by atoms with Crippen molar-refractivity contribution in [1.29, 1.82) is 0 Å². The van der Waals surface area contributed by atoms with Gasteiger partial charge in [-0.2, -0.15) is 0 Å². The number of piperidine rings is 1. The van der Waals surface area contributed by atoms with Gasteiger partial charge < -0.3 is 15.5 Å². The standard InChI is InChI=1S/C23H25N7O2/c1-14(31)29-9-7-17(8-10-29)30-22-16(13-28(2)23(30)32)12-25-19-5-4-18(27-21(19)22)15-3-6-20(24)26-11-15/h3-6,11-12,17H,7-10,13H2,1-2H3,(H2,24,26). The lowest BCUT2D eigenvalue weighted by Crippen LogP contribution is -2.54. The van der Waals surface area contributed by atoms with Crippen molar-refractivity contribution in [1.82, 2.24) is 24.8 Å². The van der Waals surface area contributed by atoms with Gasteiger partial charge in [-0.05, 0) is 37.1 Å². The van der Waals surface area contributed by atoms with Crippen molar-refractivity contribution >= 4 is 34.5 Å². The summed E-state index contributed by atoms with van der Waals surface area (Å²) in [5, 5.41) is 0. The number of carbonyl (C=O) groups is 2. The number of likely N-dealkylation sites (tertiary alicyclic amines) is 1. The number of amides is 3. The Labute approximate surface area is 185 Å². The molecule has 9 heteroatoms. The number of nitrogen functional groups attached to an aromatic ring is 1. The smallest absolute Gasteiger partial charge is 0.324 e. The highest BCUT2D eigenvalue weighted by Crippen LogP contribution is 2.37. The average Bonchev–Trinajstić information content (AvgIpc) is 2.80. The molecule has 164 valence electrons. The summed E-state index contributed by atoms with van der Waals surface area (Å²) in [6.07, 6.45) is 4.99. The molecular formula is C23H25N7O2. The van der Waals surface area contributed by atoms with Crippen LogP contribution in [0, 0.1) is 0 Å². The van der Waals surface area contributed by atoms with Gasteiger partial charge in [-0.1, -0.05) is 0 Å². The fourth-order valence-electron chi connectivity index (χ4n) is 4.57. The van der Waals surface area contributed by atoms with Gasteiger partial charge in [0.1, 0.15) is 11.3 Å². The molecule has 3 aromatic heterocycles. The molecule has 0 saturated carbocycles. The Morgan fingerprint density at radius 2 is 1.88 bits per heavy atom. The van der Waals surface area contributed by atoms with Crippen molar-refractivity contribution in [2.24, 2.45) is 0 Å². The zero-order chi connectivity index (χ0) is 22.4. The summed E-state index contributed by atoms with van der Waals surface area (Å²) in [5.74, 6) is 0.523. The highest BCUT2D eigenvalue weighted by molar-refractivity contribution is 6.04. The highest BCUT2D eigenvalue weighted by atomic mass is 16.2. The van der Waals surface area contributed by atoms with Gasteiger partial charge in [0.2, 0.25) is 5.91 Å². The number of aromatic nitrogens is 3. The minimum Gasteiger partial charge on any atom is -0.384 e. The van der Waals surface area contributed by atoms with Crippen molar-refractivity contribution in [3.63, 3.8) is 0 Å². The van der Waals surface area contributed by atoms with Gasteiger partial charge in [0.05, 0.1) is 23.4 Å². The molecular weight excluding hydrogens is 406 g/mol. The maximum Gasteiger partial charge on any atom is 0.324 e. The van der Waals surface area contributed by atoms with E-state index in [0.29, 0.717) is 31.0 Å². The first-order valence-corrected chi connectivity index (χ1v) is 10.7. The van der Waals surface area contributed by atoms with Crippen molar-refractivity contribution in [3.05, 3.63) is 42.2 Å². The van der Waals surface area contributed by atoms with Gasteiger partial charge in [-0.25, -0.2) is 14.8 Å². The molecule has 1 fully saturated rings. The van der Waals surface area contributed by atoms with Gasteiger partial charge in [0.15, 0.2) is 0 Å². The first-order valence-electron chi connectivity index (χ1n) is 10.7. The van der Waals surface area contributed by atoms with Crippen LogP contribution in [0.2, 0.25) is 0 Å². The van der Waals surface area contributed by atoms with E-state index < -0.39 is 0 Å². The Morgan fingerprint density at radius 3 is 2.56 bits per heavy atom. The quantitative estimate of drug-likeness (QED) is 0.668. The van der Waals surface area contributed by atoms with Crippen molar-refractivity contribution in [2.45, 2.75) is 32.4 Å². The lowest BCUT2D eigenvalue weighted by Gasteiger charge is -2.43. The molecule has 0 atom stereocenters. The molecule has 9 nitrogen and oxygen atoms in total. The summed E-state index contributed by atoms with van der Waals surface area (Å²) in [5.41, 5.74) is 10.6. The molecule has 0 aliphatic carbocycles. The van der Waals surface area contributed by atoms with Gasteiger partial charge in [0, 0.05) is 56.6 Å². The van der Waals surface area contributed by atoms with E-state index in [0.717, 1.165) is 40.9 Å². The number of nitrogens with two attached hydrogens (primary N) is 1. The SMILES string of the molecule is CC(=O)N1CCC(N2C(=O)N(C)Cc3cnc4ccc(-c5ccc(N)nc5)nc4c32)CC1. The van der Waals surface area contributed by atoms with E-state index in [1.165, 1.54) is 0 Å². The topological polar surface area (TPSA) is 109 Å². The van der Waals surface area contributed by atoms with E-state index in [9.17, 15) is 9.59 Å². The number of hydrogen-bond acceptors (Lipinski definition) is 6. The Kier molecular flexibility index (Phi) is 4.88. The molecule has 32 heavy (non-hydrogen) atoms. The zero-order valence-corrected chi connectivity index (χ0v) is 18.2. The molecule has 3 amide bonds. The van der Waals surface area contributed by atoms with Gasteiger partial charge >= 0.3 is 6.03 Å². The van der Waals surface area contributed by atoms with Gasteiger partial charge in [-0.15, -0.1) is 0 Å². The van der Waals surface area contributed by atoms with Crippen LogP contribution < -0.4 is 10.6 Å². The molecule has 0 spiro atoms. The molecule has 0 unspecified atom stereocenters.